The Morgan fingerprint density at radius 2 is 2.31 bits per heavy atom. The second kappa shape index (κ2) is 4.35. The zero-order valence-corrected chi connectivity index (χ0v) is 8.38. The van der Waals surface area contributed by atoms with Crippen molar-refractivity contribution in [1.29, 1.82) is 0 Å². The van der Waals surface area contributed by atoms with Crippen molar-refractivity contribution in [3.05, 3.63) is 28.5 Å². The Labute approximate surface area is 82.3 Å². The number of hydrogen-bond acceptors (Lipinski definition) is 3. The van der Waals surface area contributed by atoms with Gasteiger partial charge >= 0.3 is 0 Å². The molecule has 1 heterocycles. The summed E-state index contributed by atoms with van der Waals surface area (Å²) >= 11 is 5.80. The van der Waals surface area contributed by atoms with Gasteiger partial charge in [0, 0.05) is 12.7 Å². The van der Waals surface area contributed by atoms with E-state index in [1.165, 1.54) is 0 Å². The molecule has 0 unspecified atom stereocenters. The van der Waals surface area contributed by atoms with Crippen molar-refractivity contribution in [2.24, 2.45) is 0 Å². The molecule has 0 aromatic carbocycles. The monoisotopic (exact) mass is 198 g/mol. The van der Waals surface area contributed by atoms with E-state index in [1.54, 1.807) is 12.3 Å². The van der Waals surface area contributed by atoms with Crippen LogP contribution in [0, 0.1) is 0 Å². The maximum atomic E-state index is 10.4. The second-order valence-electron chi connectivity index (χ2n) is 3.07. The van der Waals surface area contributed by atoms with Gasteiger partial charge < -0.3 is 4.90 Å². The highest BCUT2D eigenvalue weighted by atomic mass is 35.5. The van der Waals surface area contributed by atoms with Crippen molar-refractivity contribution in [1.82, 2.24) is 9.88 Å². The van der Waals surface area contributed by atoms with E-state index in [4.69, 9.17) is 11.6 Å². The molecule has 0 saturated heterocycles. The summed E-state index contributed by atoms with van der Waals surface area (Å²) in [5.41, 5.74) is 1.30. The molecule has 0 saturated carbocycles. The summed E-state index contributed by atoms with van der Waals surface area (Å²) in [4.78, 5) is 16.3. The third-order valence-electron chi connectivity index (χ3n) is 1.54. The number of aromatic nitrogens is 1. The molecule has 4 heteroatoms. The molecule has 13 heavy (non-hydrogen) atoms. The first-order valence-corrected chi connectivity index (χ1v) is 4.25. The maximum absolute atomic E-state index is 10.4. The Morgan fingerprint density at radius 1 is 1.62 bits per heavy atom. The van der Waals surface area contributed by atoms with Gasteiger partial charge in [0.1, 0.15) is 5.69 Å². The predicted octanol–water partition coefficient (Wildman–Crippen LogP) is 1.61. The SMILES string of the molecule is CN(C)Cc1cnc(C=O)c(Cl)c1. The predicted molar refractivity (Wildman–Crippen MR) is 52.0 cm³/mol. The van der Waals surface area contributed by atoms with Gasteiger partial charge in [-0.05, 0) is 25.7 Å². The van der Waals surface area contributed by atoms with Gasteiger partial charge in [-0.1, -0.05) is 11.6 Å². The number of hydrogen-bond donors (Lipinski definition) is 0. The van der Waals surface area contributed by atoms with E-state index in [1.807, 2.05) is 19.0 Å². The molecule has 0 atom stereocenters. The second-order valence-corrected chi connectivity index (χ2v) is 3.47. The topological polar surface area (TPSA) is 33.2 Å². The number of nitrogens with zero attached hydrogens (tertiary/aromatic N) is 2. The van der Waals surface area contributed by atoms with E-state index < -0.39 is 0 Å². The van der Waals surface area contributed by atoms with Crippen LogP contribution in [0.2, 0.25) is 5.02 Å². The Balaban J connectivity index is 2.89. The zero-order valence-electron chi connectivity index (χ0n) is 7.62. The molecule has 1 aromatic rings. The first kappa shape index (κ1) is 10.2. The lowest BCUT2D eigenvalue weighted by Crippen LogP contribution is -2.11. The average molecular weight is 199 g/mol. The van der Waals surface area contributed by atoms with Crippen LogP contribution >= 0.6 is 11.6 Å². The van der Waals surface area contributed by atoms with E-state index >= 15 is 0 Å². The van der Waals surface area contributed by atoms with Gasteiger partial charge in [-0.2, -0.15) is 0 Å². The van der Waals surface area contributed by atoms with Gasteiger partial charge in [0.25, 0.3) is 0 Å². The van der Waals surface area contributed by atoms with Gasteiger partial charge in [-0.25, -0.2) is 0 Å². The quantitative estimate of drug-likeness (QED) is 0.692. The molecule has 0 aliphatic heterocycles. The van der Waals surface area contributed by atoms with Crippen LogP contribution in [0.3, 0.4) is 0 Å². The molecule has 0 amide bonds. The lowest BCUT2D eigenvalue weighted by molar-refractivity contribution is 0.111. The van der Waals surface area contributed by atoms with Crippen LogP contribution in [0.5, 0.6) is 0 Å². The number of carbonyl (C=O) groups excluding carboxylic acids is 1. The Hall–Kier alpha value is -0.930. The molecular formula is C9H11ClN2O. The van der Waals surface area contributed by atoms with Crippen LogP contribution in [-0.2, 0) is 6.54 Å². The number of carbonyl (C=O) groups is 1. The minimum absolute atomic E-state index is 0.296. The van der Waals surface area contributed by atoms with Crippen molar-refractivity contribution in [3.63, 3.8) is 0 Å². The molecule has 0 spiro atoms. The van der Waals surface area contributed by atoms with Crippen LogP contribution in [0.25, 0.3) is 0 Å². The first-order valence-electron chi connectivity index (χ1n) is 3.88. The number of halogens is 1. The summed E-state index contributed by atoms with van der Waals surface area (Å²) in [6.45, 7) is 0.770. The van der Waals surface area contributed by atoms with Gasteiger partial charge in [-0.3, -0.25) is 9.78 Å². The number of pyridine rings is 1. The van der Waals surface area contributed by atoms with Crippen molar-refractivity contribution >= 4 is 17.9 Å². The standard InChI is InChI=1S/C9H11ClN2O/c1-12(2)5-7-3-8(10)9(6-13)11-4-7/h3-4,6H,5H2,1-2H3. The van der Waals surface area contributed by atoms with Gasteiger partial charge in [0.2, 0.25) is 0 Å². The minimum atomic E-state index is 0.296. The van der Waals surface area contributed by atoms with E-state index in [-0.39, 0.29) is 0 Å². The van der Waals surface area contributed by atoms with E-state index in [0.717, 1.165) is 12.1 Å². The van der Waals surface area contributed by atoms with Gasteiger partial charge in [-0.15, -0.1) is 0 Å². The van der Waals surface area contributed by atoms with E-state index in [0.29, 0.717) is 17.0 Å². The van der Waals surface area contributed by atoms with Crippen LogP contribution in [-0.4, -0.2) is 30.3 Å². The molecule has 70 valence electrons. The van der Waals surface area contributed by atoms with Crippen LogP contribution in [0.15, 0.2) is 12.3 Å². The fraction of sp³-hybridized carbons (Fsp3) is 0.333. The average Bonchev–Trinajstić information content (AvgIpc) is 2.03. The minimum Gasteiger partial charge on any atom is -0.305 e. The zero-order chi connectivity index (χ0) is 9.84. The fourth-order valence-electron chi connectivity index (χ4n) is 1.03. The molecule has 0 N–H and O–H groups in total. The van der Waals surface area contributed by atoms with Crippen LogP contribution in [0.4, 0.5) is 0 Å². The normalized spacial score (nSPS) is 10.5. The molecule has 1 rings (SSSR count). The molecule has 0 aliphatic carbocycles. The summed E-state index contributed by atoms with van der Waals surface area (Å²) in [5, 5.41) is 0.411. The summed E-state index contributed by atoms with van der Waals surface area (Å²) in [6.07, 6.45) is 2.32. The third-order valence-corrected chi connectivity index (χ3v) is 1.84. The highest BCUT2D eigenvalue weighted by Crippen LogP contribution is 2.14. The summed E-state index contributed by atoms with van der Waals surface area (Å²) in [7, 11) is 3.92. The van der Waals surface area contributed by atoms with Crippen LogP contribution in [0.1, 0.15) is 16.1 Å². The molecule has 3 nitrogen and oxygen atoms in total. The largest absolute Gasteiger partial charge is 0.305 e. The Morgan fingerprint density at radius 3 is 2.77 bits per heavy atom. The van der Waals surface area contributed by atoms with Gasteiger partial charge in [0.15, 0.2) is 6.29 Å². The van der Waals surface area contributed by atoms with Gasteiger partial charge in [0.05, 0.1) is 5.02 Å². The molecule has 0 bridgehead atoms. The number of rotatable bonds is 3. The summed E-state index contributed by atoms with van der Waals surface area (Å²) in [5.74, 6) is 0. The molecular weight excluding hydrogens is 188 g/mol. The highest BCUT2D eigenvalue weighted by molar-refractivity contribution is 6.32. The molecule has 1 aromatic heterocycles. The molecule has 0 aliphatic rings. The summed E-state index contributed by atoms with van der Waals surface area (Å²) < 4.78 is 0. The Bertz CT molecular complexity index is 312. The third kappa shape index (κ3) is 2.79. The Kier molecular flexibility index (Phi) is 3.39. The summed E-state index contributed by atoms with van der Waals surface area (Å²) in [6, 6.07) is 1.76. The fourth-order valence-corrected chi connectivity index (χ4v) is 1.26. The van der Waals surface area contributed by atoms with E-state index in [2.05, 4.69) is 4.98 Å². The van der Waals surface area contributed by atoms with Crippen molar-refractivity contribution in [2.45, 2.75) is 6.54 Å². The number of aldehydes is 1. The van der Waals surface area contributed by atoms with Crippen molar-refractivity contribution in [3.8, 4) is 0 Å². The first-order chi connectivity index (χ1) is 6.13. The smallest absolute Gasteiger partial charge is 0.169 e. The van der Waals surface area contributed by atoms with Crippen molar-refractivity contribution in [2.75, 3.05) is 14.1 Å². The highest BCUT2D eigenvalue weighted by Gasteiger charge is 2.02. The van der Waals surface area contributed by atoms with E-state index in [9.17, 15) is 4.79 Å². The van der Waals surface area contributed by atoms with Crippen LogP contribution < -0.4 is 0 Å². The molecule has 0 radical (unpaired) electrons. The lowest BCUT2D eigenvalue weighted by atomic mass is 10.2. The maximum Gasteiger partial charge on any atom is 0.169 e. The van der Waals surface area contributed by atoms with Crippen molar-refractivity contribution < 1.29 is 4.79 Å². The lowest BCUT2D eigenvalue weighted by Gasteiger charge is -2.09. The molecule has 0 fully saturated rings.